The van der Waals surface area contributed by atoms with Gasteiger partial charge in [-0.3, -0.25) is 14.9 Å². The molecule has 2 heterocycles. The van der Waals surface area contributed by atoms with Gasteiger partial charge in [0.05, 0.1) is 18.6 Å². The SMILES string of the molecule is COc1ccc(N(Cc2cccs2)C(=O)C2CCN(c3ccccc3[N+](=O)[O-])CC2)cc1. The molecular formula is C24H25N3O4S. The molecule has 1 aromatic heterocycles. The van der Waals surface area contributed by atoms with E-state index in [4.69, 9.17) is 4.74 Å². The van der Waals surface area contributed by atoms with Gasteiger partial charge in [-0.25, -0.2) is 0 Å². The van der Waals surface area contributed by atoms with Crippen LogP contribution >= 0.6 is 11.3 Å². The third kappa shape index (κ3) is 4.75. The lowest BCUT2D eigenvalue weighted by atomic mass is 9.94. The van der Waals surface area contributed by atoms with Gasteiger partial charge in [0.25, 0.3) is 5.69 Å². The molecule has 0 bridgehead atoms. The van der Waals surface area contributed by atoms with Gasteiger partial charge in [-0.1, -0.05) is 18.2 Å². The highest BCUT2D eigenvalue weighted by Gasteiger charge is 2.31. The van der Waals surface area contributed by atoms with E-state index in [0.717, 1.165) is 16.3 Å². The van der Waals surface area contributed by atoms with Crippen molar-refractivity contribution in [3.05, 3.63) is 81.0 Å². The third-order valence-electron chi connectivity index (χ3n) is 5.81. The van der Waals surface area contributed by atoms with E-state index in [-0.39, 0.29) is 22.4 Å². The number of anilines is 2. The Kier molecular flexibility index (Phi) is 6.70. The normalized spacial score (nSPS) is 14.2. The number of thiophene rings is 1. The van der Waals surface area contributed by atoms with Crippen LogP contribution in [0.5, 0.6) is 5.75 Å². The molecule has 8 heteroatoms. The molecule has 4 rings (SSSR count). The number of nitrogens with zero attached hydrogens (tertiary/aromatic N) is 3. The number of carbonyl (C=O) groups excluding carboxylic acids is 1. The Morgan fingerprint density at radius 3 is 2.47 bits per heavy atom. The summed E-state index contributed by atoms with van der Waals surface area (Å²) in [5.74, 6) is 0.705. The largest absolute Gasteiger partial charge is 0.497 e. The van der Waals surface area contributed by atoms with E-state index in [1.165, 1.54) is 6.07 Å². The number of para-hydroxylation sites is 2. The first-order valence-electron chi connectivity index (χ1n) is 10.5. The molecule has 7 nitrogen and oxygen atoms in total. The zero-order valence-corrected chi connectivity index (χ0v) is 18.7. The van der Waals surface area contributed by atoms with E-state index < -0.39 is 0 Å². The van der Waals surface area contributed by atoms with Crippen LogP contribution < -0.4 is 14.5 Å². The predicted molar refractivity (Wildman–Crippen MR) is 127 cm³/mol. The van der Waals surface area contributed by atoms with Crippen LogP contribution in [0.15, 0.2) is 66.0 Å². The molecular weight excluding hydrogens is 426 g/mol. The third-order valence-corrected chi connectivity index (χ3v) is 6.67. The number of carbonyl (C=O) groups is 1. The first-order chi connectivity index (χ1) is 15.6. The molecule has 0 saturated carbocycles. The van der Waals surface area contributed by atoms with Gasteiger partial charge in [0.2, 0.25) is 5.91 Å². The maximum absolute atomic E-state index is 13.6. The van der Waals surface area contributed by atoms with E-state index >= 15 is 0 Å². The number of benzene rings is 2. The van der Waals surface area contributed by atoms with Crippen LogP contribution in [-0.4, -0.2) is 31.0 Å². The number of amides is 1. The molecule has 0 spiro atoms. The number of ether oxygens (including phenoxy) is 1. The molecule has 1 fully saturated rings. The number of hydrogen-bond donors (Lipinski definition) is 0. The molecule has 2 aromatic carbocycles. The maximum Gasteiger partial charge on any atom is 0.292 e. The topological polar surface area (TPSA) is 75.9 Å². The second-order valence-corrected chi connectivity index (χ2v) is 8.74. The number of nitro groups is 1. The van der Waals surface area contributed by atoms with Crippen molar-refractivity contribution in [2.75, 3.05) is 30.0 Å². The highest BCUT2D eigenvalue weighted by Crippen LogP contribution is 2.33. The van der Waals surface area contributed by atoms with Crippen molar-refractivity contribution in [2.45, 2.75) is 19.4 Å². The minimum atomic E-state index is -0.348. The van der Waals surface area contributed by atoms with E-state index in [1.807, 2.05) is 57.6 Å². The molecule has 0 unspecified atom stereocenters. The monoisotopic (exact) mass is 451 g/mol. The summed E-state index contributed by atoms with van der Waals surface area (Å²) in [6, 6.07) is 18.4. The lowest BCUT2D eigenvalue weighted by Crippen LogP contribution is -2.42. The Labute approximate surface area is 191 Å². The van der Waals surface area contributed by atoms with Crippen molar-refractivity contribution < 1.29 is 14.5 Å². The quantitative estimate of drug-likeness (QED) is 0.368. The van der Waals surface area contributed by atoms with Crippen molar-refractivity contribution in [3.8, 4) is 5.75 Å². The Hall–Kier alpha value is -3.39. The van der Waals surface area contributed by atoms with Gasteiger partial charge in [-0.15, -0.1) is 11.3 Å². The van der Waals surface area contributed by atoms with Crippen LogP contribution in [0.3, 0.4) is 0 Å². The fourth-order valence-electron chi connectivity index (χ4n) is 4.09. The minimum Gasteiger partial charge on any atom is -0.497 e. The molecule has 0 atom stereocenters. The number of hydrogen-bond acceptors (Lipinski definition) is 6. The highest BCUT2D eigenvalue weighted by atomic mass is 32.1. The van der Waals surface area contributed by atoms with Gasteiger partial charge >= 0.3 is 0 Å². The molecule has 1 aliphatic rings. The highest BCUT2D eigenvalue weighted by molar-refractivity contribution is 7.09. The molecule has 0 radical (unpaired) electrons. The molecule has 1 aliphatic heterocycles. The molecule has 3 aromatic rings. The second kappa shape index (κ2) is 9.82. The molecule has 32 heavy (non-hydrogen) atoms. The van der Waals surface area contributed by atoms with E-state index in [0.29, 0.717) is 38.2 Å². The zero-order chi connectivity index (χ0) is 22.5. The summed E-state index contributed by atoms with van der Waals surface area (Å²) in [7, 11) is 1.62. The Bertz CT molecular complexity index is 1060. The first kappa shape index (κ1) is 21.8. The average molecular weight is 452 g/mol. The maximum atomic E-state index is 13.6. The number of nitro benzene ring substituents is 1. The Morgan fingerprint density at radius 2 is 1.84 bits per heavy atom. The standard InChI is InChI=1S/C24H25N3O4S/c1-31-20-10-8-19(9-11-20)26(17-21-5-4-16-32-21)24(28)18-12-14-25(15-13-18)22-6-2-3-7-23(22)27(29)30/h2-11,16,18H,12-15,17H2,1H3. The summed E-state index contributed by atoms with van der Waals surface area (Å²) >= 11 is 1.63. The lowest BCUT2D eigenvalue weighted by Gasteiger charge is -2.35. The van der Waals surface area contributed by atoms with Gasteiger partial charge in [0, 0.05) is 35.6 Å². The van der Waals surface area contributed by atoms with Crippen LogP contribution in [-0.2, 0) is 11.3 Å². The van der Waals surface area contributed by atoms with Gasteiger partial charge in [-0.05, 0) is 54.6 Å². The molecule has 0 N–H and O–H groups in total. The van der Waals surface area contributed by atoms with Crippen molar-refractivity contribution in [3.63, 3.8) is 0 Å². The van der Waals surface area contributed by atoms with Crippen molar-refractivity contribution in [1.82, 2.24) is 0 Å². The van der Waals surface area contributed by atoms with Crippen LogP contribution in [0, 0.1) is 16.0 Å². The zero-order valence-electron chi connectivity index (χ0n) is 17.8. The molecule has 166 valence electrons. The Morgan fingerprint density at radius 1 is 1.12 bits per heavy atom. The second-order valence-electron chi connectivity index (χ2n) is 7.71. The number of rotatable bonds is 7. The first-order valence-corrected chi connectivity index (χ1v) is 11.4. The molecule has 1 amide bonds. The van der Waals surface area contributed by atoms with Crippen molar-refractivity contribution >= 4 is 34.3 Å². The lowest BCUT2D eigenvalue weighted by molar-refractivity contribution is -0.384. The predicted octanol–water partition coefficient (Wildman–Crippen LogP) is 5.11. The van der Waals surface area contributed by atoms with Crippen LogP contribution in [0.2, 0.25) is 0 Å². The average Bonchev–Trinajstić information content (AvgIpc) is 3.36. The van der Waals surface area contributed by atoms with Gasteiger partial charge in [0.1, 0.15) is 11.4 Å². The summed E-state index contributed by atoms with van der Waals surface area (Å²) in [5, 5.41) is 13.4. The summed E-state index contributed by atoms with van der Waals surface area (Å²) in [6.07, 6.45) is 1.31. The van der Waals surface area contributed by atoms with E-state index in [9.17, 15) is 14.9 Å². The molecule has 0 aliphatic carbocycles. The van der Waals surface area contributed by atoms with E-state index in [1.54, 1.807) is 30.6 Å². The summed E-state index contributed by atoms with van der Waals surface area (Å²) in [6.45, 7) is 1.74. The van der Waals surface area contributed by atoms with Gasteiger partial charge in [-0.2, -0.15) is 0 Å². The summed E-state index contributed by atoms with van der Waals surface area (Å²) < 4.78 is 5.26. The van der Waals surface area contributed by atoms with Gasteiger partial charge < -0.3 is 14.5 Å². The Balaban J connectivity index is 1.50. The van der Waals surface area contributed by atoms with Crippen LogP contribution in [0.4, 0.5) is 17.1 Å². The van der Waals surface area contributed by atoms with Crippen LogP contribution in [0.1, 0.15) is 17.7 Å². The number of piperidine rings is 1. The fourth-order valence-corrected chi connectivity index (χ4v) is 4.78. The van der Waals surface area contributed by atoms with E-state index in [2.05, 4.69) is 0 Å². The van der Waals surface area contributed by atoms with Crippen LogP contribution in [0.25, 0.3) is 0 Å². The minimum absolute atomic E-state index is 0.0887. The van der Waals surface area contributed by atoms with Crippen molar-refractivity contribution in [2.24, 2.45) is 5.92 Å². The molecule has 1 saturated heterocycles. The smallest absolute Gasteiger partial charge is 0.292 e. The van der Waals surface area contributed by atoms with Gasteiger partial charge in [0.15, 0.2) is 0 Å². The number of methoxy groups -OCH3 is 1. The fraction of sp³-hybridized carbons (Fsp3) is 0.292. The summed E-state index contributed by atoms with van der Waals surface area (Å²) in [5.41, 5.74) is 1.56. The van der Waals surface area contributed by atoms with Crippen molar-refractivity contribution in [1.29, 1.82) is 0 Å². The summed E-state index contributed by atoms with van der Waals surface area (Å²) in [4.78, 5) is 29.6.